The Morgan fingerprint density at radius 1 is 1.24 bits per heavy atom. The zero-order valence-corrected chi connectivity index (χ0v) is 12.6. The van der Waals surface area contributed by atoms with Crippen LogP contribution in [0.1, 0.15) is 48.3 Å². The number of hydrogen-bond donors (Lipinski definition) is 1. The van der Waals surface area contributed by atoms with Gasteiger partial charge in [0.05, 0.1) is 5.69 Å². The van der Waals surface area contributed by atoms with Crippen LogP contribution in [0.4, 0.5) is 0 Å². The Kier molecular flexibility index (Phi) is 3.26. The Bertz CT molecular complexity index is 655. The van der Waals surface area contributed by atoms with Crippen LogP contribution in [0.15, 0.2) is 18.5 Å². The summed E-state index contributed by atoms with van der Waals surface area (Å²) in [5.74, 6) is 1.01. The van der Waals surface area contributed by atoms with E-state index in [-0.39, 0.29) is 0 Å². The molecular formula is C17H22N4. The molecule has 0 atom stereocenters. The second kappa shape index (κ2) is 5.26. The highest BCUT2D eigenvalue weighted by Crippen LogP contribution is 2.23. The largest absolute Gasteiger partial charge is 0.310 e. The van der Waals surface area contributed by atoms with E-state index in [2.05, 4.69) is 33.9 Å². The number of pyridine rings is 1. The molecule has 1 saturated carbocycles. The first-order chi connectivity index (χ1) is 10.3. The van der Waals surface area contributed by atoms with Crippen molar-refractivity contribution in [2.45, 2.75) is 58.0 Å². The fourth-order valence-corrected chi connectivity index (χ4v) is 3.11. The Hall–Kier alpha value is -1.68. The summed E-state index contributed by atoms with van der Waals surface area (Å²) in [4.78, 5) is 9.37. The van der Waals surface area contributed by atoms with Gasteiger partial charge in [-0.05, 0) is 57.1 Å². The van der Waals surface area contributed by atoms with Crippen LogP contribution in [0.25, 0.3) is 5.82 Å². The minimum absolute atomic E-state index is 0.741. The van der Waals surface area contributed by atoms with Crippen LogP contribution in [-0.4, -0.2) is 20.6 Å². The highest BCUT2D eigenvalue weighted by Gasteiger charge is 2.21. The fraction of sp³-hybridized carbons (Fsp3) is 0.529. The lowest BCUT2D eigenvalue weighted by atomic mass is 10.0. The van der Waals surface area contributed by atoms with Gasteiger partial charge >= 0.3 is 0 Å². The molecule has 2 aliphatic rings. The molecule has 0 unspecified atom stereocenters. The molecule has 0 saturated heterocycles. The fourth-order valence-electron chi connectivity index (χ4n) is 3.11. The van der Waals surface area contributed by atoms with Crippen LogP contribution in [0.2, 0.25) is 0 Å². The lowest BCUT2D eigenvalue weighted by Gasteiger charge is -2.14. The van der Waals surface area contributed by atoms with Gasteiger partial charge in [-0.15, -0.1) is 0 Å². The van der Waals surface area contributed by atoms with E-state index in [1.165, 1.54) is 42.6 Å². The van der Waals surface area contributed by atoms with E-state index in [4.69, 9.17) is 4.98 Å². The summed E-state index contributed by atoms with van der Waals surface area (Å²) in [6.07, 6.45) is 9.37. The third kappa shape index (κ3) is 2.60. The summed E-state index contributed by atoms with van der Waals surface area (Å²) in [6.45, 7) is 3.04. The predicted molar refractivity (Wildman–Crippen MR) is 82.6 cm³/mol. The van der Waals surface area contributed by atoms with E-state index in [0.29, 0.717) is 0 Å². The summed E-state index contributed by atoms with van der Waals surface area (Å²) >= 11 is 0. The minimum atomic E-state index is 0.741. The van der Waals surface area contributed by atoms with E-state index < -0.39 is 0 Å². The van der Waals surface area contributed by atoms with Crippen molar-refractivity contribution >= 4 is 0 Å². The van der Waals surface area contributed by atoms with Crippen molar-refractivity contribution in [3.05, 3.63) is 41.1 Å². The molecule has 2 aromatic rings. The Labute approximate surface area is 125 Å². The monoisotopic (exact) mass is 282 g/mol. The number of nitrogens with zero attached hydrogens (tertiary/aromatic N) is 3. The lowest BCUT2D eigenvalue weighted by Crippen LogP contribution is -2.17. The van der Waals surface area contributed by atoms with Crippen molar-refractivity contribution in [3.8, 4) is 5.82 Å². The molecule has 2 heterocycles. The second-order valence-electron chi connectivity index (χ2n) is 6.28. The van der Waals surface area contributed by atoms with Gasteiger partial charge in [0, 0.05) is 24.0 Å². The molecule has 0 aliphatic heterocycles. The van der Waals surface area contributed by atoms with Gasteiger partial charge in [-0.25, -0.2) is 9.97 Å². The van der Waals surface area contributed by atoms with Crippen molar-refractivity contribution < 1.29 is 0 Å². The van der Waals surface area contributed by atoms with Gasteiger partial charge in [-0.1, -0.05) is 6.07 Å². The maximum atomic E-state index is 4.81. The van der Waals surface area contributed by atoms with E-state index in [1.54, 1.807) is 0 Å². The molecule has 1 N–H and O–H groups in total. The highest BCUT2D eigenvalue weighted by molar-refractivity contribution is 5.34. The molecule has 2 aliphatic carbocycles. The third-order valence-electron chi connectivity index (χ3n) is 4.62. The molecular weight excluding hydrogens is 260 g/mol. The first-order valence-electron chi connectivity index (χ1n) is 8.06. The molecule has 0 bridgehead atoms. The van der Waals surface area contributed by atoms with Crippen LogP contribution in [-0.2, 0) is 19.4 Å². The smallest absolute Gasteiger partial charge is 0.138 e. The standard InChI is InChI=1S/C17H22N4/c1-12-13(10-18-14-7-8-14)6-9-17(20-12)21-11-19-15-4-2-3-5-16(15)21/h6,9,11,14,18H,2-5,7-8,10H2,1H3. The minimum Gasteiger partial charge on any atom is -0.310 e. The molecule has 2 aromatic heterocycles. The zero-order chi connectivity index (χ0) is 14.2. The second-order valence-corrected chi connectivity index (χ2v) is 6.28. The maximum absolute atomic E-state index is 4.81. The highest BCUT2D eigenvalue weighted by atomic mass is 15.1. The average molecular weight is 282 g/mol. The molecule has 4 nitrogen and oxygen atoms in total. The topological polar surface area (TPSA) is 42.7 Å². The average Bonchev–Trinajstić information content (AvgIpc) is 3.23. The third-order valence-corrected chi connectivity index (χ3v) is 4.62. The van der Waals surface area contributed by atoms with Crippen LogP contribution < -0.4 is 5.32 Å². The van der Waals surface area contributed by atoms with Gasteiger partial charge in [0.15, 0.2) is 0 Å². The molecule has 4 rings (SSSR count). The molecule has 0 spiro atoms. The number of rotatable bonds is 4. The number of aromatic nitrogens is 3. The number of aryl methyl sites for hydroxylation is 2. The van der Waals surface area contributed by atoms with Crippen molar-refractivity contribution in [3.63, 3.8) is 0 Å². The van der Waals surface area contributed by atoms with Crippen molar-refractivity contribution in [1.82, 2.24) is 19.9 Å². The SMILES string of the molecule is Cc1nc(-n2cnc3c2CCCC3)ccc1CNC1CC1. The Morgan fingerprint density at radius 3 is 2.90 bits per heavy atom. The summed E-state index contributed by atoms with van der Waals surface area (Å²) in [5.41, 5.74) is 5.05. The number of hydrogen-bond acceptors (Lipinski definition) is 3. The van der Waals surface area contributed by atoms with Crippen LogP contribution in [0, 0.1) is 6.92 Å². The quantitative estimate of drug-likeness (QED) is 0.937. The van der Waals surface area contributed by atoms with E-state index in [1.807, 2.05) is 6.33 Å². The lowest BCUT2D eigenvalue weighted by molar-refractivity contribution is 0.653. The summed E-state index contributed by atoms with van der Waals surface area (Å²) in [5, 5.41) is 3.56. The molecule has 0 amide bonds. The molecule has 0 aromatic carbocycles. The van der Waals surface area contributed by atoms with E-state index in [0.717, 1.165) is 36.9 Å². The molecule has 110 valence electrons. The van der Waals surface area contributed by atoms with E-state index in [9.17, 15) is 0 Å². The summed E-state index contributed by atoms with van der Waals surface area (Å²) in [7, 11) is 0. The molecule has 4 heteroatoms. The van der Waals surface area contributed by atoms with Crippen LogP contribution in [0.3, 0.4) is 0 Å². The van der Waals surface area contributed by atoms with Gasteiger partial charge in [0.2, 0.25) is 0 Å². The number of fused-ring (bicyclic) bond motifs is 1. The van der Waals surface area contributed by atoms with Gasteiger partial charge in [-0.2, -0.15) is 0 Å². The zero-order valence-electron chi connectivity index (χ0n) is 12.6. The first kappa shape index (κ1) is 13.0. The van der Waals surface area contributed by atoms with E-state index >= 15 is 0 Å². The maximum Gasteiger partial charge on any atom is 0.138 e. The van der Waals surface area contributed by atoms with Gasteiger partial charge in [-0.3, -0.25) is 4.57 Å². The number of nitrogens with one attached hydrogen (secondary N) is 1. The van der Waals surface area contributed by atoms with Crippen molar-refractivity contribution in [2.24, 2.45) is 0 Å². The van der Waals surface area contributed by atoms with Gasteiger partial charge in [0.1, 0.15) is 12.1 Å². The number of imidazole rings is 1. The predicted octanol–water partition coefficient (Wildman–Crippen LogP) is 2.71. The Balaban J connectivity index is 1.60. The first-order valence-corrected chi connectivity index (χ1v) is 8.06. The normalized spacial score (nSPS) is 17.8. The summed E-state index contributed by atoms with van der Waals surface area (Å²) < 4.78 is 2.18. The van der Waals surface area contributed by atoms with Gasteiger partial charge < -0.3 is 5.32 Å². The van der Waals surface area contributed by atoms with Crippen LogP contribution in [0.5, 0.6) is 0 Å². The Morgan fingerprint density at radius 2 is 2.10 bits per heavy atom. The molecule has 0 radical (unpaired) electrons. The molecule has 1 fully saturated rings. The van der Waals surface area contributed by atoms with Gasteiger partial charge in [0.25, 0.3) is 0 Å². The van der Waals surface area contributed by atoms with Crippen molar-refractivity contribution in [1.29, 1.82) is 0 Å². The molecule has 21 heavy (non-hydrogen) atoms. The van der Waals surface area contributed by atoms with Crippen LogP contribution >= 0.6 is 0 Å². The summed E-state index contributed by atoms with van der Waals surface area (Å²) in [6, 6.07) is 5.08. The van der Waals surface area contributed by atoms with Crippen molar-refractivity contribution in [2.75, 3.05) is 0 Å².